The number of benzene rings is 1. The third-order valence-corrected chi connectivity index (χ3v) is 3.93. The molecule has 2 aromatic heterocycles. The van der Waals surface area contributed by atoms with Gasteiger partial charge in [-0.05, 0) is 29.8 Å². The molecule has 0 radical (unpaired) electrons. The number of aromatic nitrogens is 3. The van der Waals surface area contributed by atoms with E-state index in [9.17, 15) is 10.1 Å². The van der Waals surface area contributed by atoms with E-state index in [-0.39, 0.29) is 5.69 Å². The highest BCUT2D eigenvalue weighted by molar-refractivity contribution is 6.30. The van der Waals surface area contributed by atoms with Crippen LogP contribution in [0.15, 0.2) is 54.9 Å². The number of anilines is 3. The van der Waals surface area contributed by atoms with E-state index in [2.05, 4.69) is 30.9 Å². The molecule has 3 rings (SSSR count). The molecule has 9 nitrogen and oxygen atoms in total. The number of nitrogens with zero attached hydrogens (tertiary/aromatic N) is 4. The molecule has 28 heavy (non-hydrogen) atoms. The molecule has 0 aliphatic carbocycles. The minimum absolute atomic E-state index is 0.0424. The molecule has 0 unspecified atom stereocenters. The molecule has 0 amide bonds. The van der Waals surface area contributed by atoms with Crippen LogP contribution in [0, 0.1) is 10.1 Å². The number of rotatable bonds is 9. The molecule has 2 heterocycles. The van der Waals surface area contributed by atoms with E-state index in [4.69, 9.17) is 11.6 Å². The Labute approximate surface area is 166 Å². The molecule has 0 atom stereocenters. The molecule has 0 spiro atoms. The number of hydrogen-bond acceptors (Lipinski definition) is 8. The summed E-state index contributed by atoms with van der Waals surface area (Å²) in [5.74, 6) is 1.75. The van der Waals surface area contributed by atoms with Crippen LogP contribution >= 0.6 is 11.6 Å². The van der Waals surface area contributed by atoms with Crippen molar-refractivity contribution < 1.29 is 4.92 Å². The second kappa shape index (κ2) is 9.47. The van der Waals surface area contributed by atoms with Crippen LogP contribution in [0.25, 0.3) is 0 Å². The summed E-state index contributed by atoms with van der Waals surface area (Å²) >= 11 is 5.98. The first kappa shape index (κ1) is 19.3. The fourth-order valence-electron chi connectivity index (χ4n) is 2.35. The van der Waals surface area contributed by atoms with Crippen molar-refractivity contribution in [3.8, 4) is 0 Å². The van der Waals surface area contributed by atoms with E-state index in [1.165, 1.54) is 12.3 Å². The van der Waals surface area contributed by atoms with Crippen LogP contribution in [0.4, 0.5) is 23.3 Å². The SMILES string of the molecule is O=[N+]([O-])c1ccc(NCCNc2nccc(NCc3cccc(Cl)c3)n2)nc1. The maximum absolute atomic E-state index is 10.6. The molecular weight excluding hydrogens is 382 g/mol. The molecule has 0 aliphatic rings. The number of halogens is 1. The zero-order valence-corrected chi connectivity index (χ0v) is 15.6. The van der Waals surface area contributed by atoms with E-state index in [1.807, 2.05) is 24.3 Å². The average Bonchev–Trinajstić information content (AvgIpc) is 2.70. The second-order valence-corrected chi connectivity index (χ2v) is 6.20. The normalized spacial score (nSPS) is 10.3. The van der Waals surface area contributed by atoms with E-state index >= 15 is 0 Å². The molecule has 3 N–H and O–H groups in total. The summed E-state index contributed by atoms with van der Waals surface area (Å²) in [7, 11) is 0. The number of nitrogens with one attached hydrogen (secondary N) is 3. The lowest BCUT2D eigenvalue weighted by Gasteiger charge is -2.09. The van der Waals surface area contributed by atoms with Crippen molar-refractivity contribution in [1.29, 1.82) is 0 Å². The predicted octanol–water partition coefficient (Wildman–Crippen LogP) is 3.57. The topological polar surface area (TPSA) is 118 Å². The molecule has 0 saturated heterocycles. The first-order chi connectivity index (χ1) is 13.6. The van der Waals surface area contributed by atoms with E-state index < -0.39 is 4.92 Å². The first-order valence-corrected chi connectivity index (χ1v) is 8.87. The Kier molecular flexibility index (Phi) is 6.53. The summed E-state index contributed by atoms with van der Waals surface area (Å²) in [4.78, 5) is 22.7. The minimum Gasteiger partial charge on any atom is -0.368 e. The van der Waals surface area contributed by atoms with Crippen LogP contribution in [0.2, 0.25) is 5.02 Å². The van der Waals surface area contributed by atoms with Gasteiger partial charge in [-0.15, -0.1) is 0 Å². The predicted molar refractivity (Wildman–Crippen MR) is 109 cm³/mol. The molecule has 0 aliphatic heterocycles. The summed E-state index contributed by atoms with van der Waals surface area (Å²) in [6, 6.07) is 12.4. The molecule has 3 aromatic rings. The van der Waals surface area contributed by atoms with Gasteiger partial charge >= 0.3 is 0 Å². The Morgan fingerprint density at radius 2 is 1.86 bits per heavy atom. The van der Waals surface area contributed by atoms with Gasteiger partial charge in [-0.2, -0.15) is 4.98 Å². The second-order valence-electron chi connectivity index (χ2n) is 5.76. The Morgan fingerprint density at radius 1 is 1.00 bits per heavy atom. The lowest BCUT2D eigenvalue weighted by molar-refractivity contribution is -0.385. The van der Waals surface area contributed by atoms with Gasteiger partial charge in [-0.25, -0.2) is 9.97 Å². The van der Waals surface area contributed by atoms with Gasteiger partial charge in [0.25, 0.3) is 5.69 Å². The van der Waals surface area contributed by atoms with Crippen LogP contribution in [-0.4, -0.2) is 33.0 Å². The molecule has 0 bridgehead atoms. The minimum atomic E-state index is -0.483. The first-order valence-electron chi connectivity index (χ1n) is 8.50. The fourth-order valence-corrected chi connectivity index (χ4v) is 2.56. The van der Waals surface area contributed by atoms with Crippen LogP contribution < -0.4 is 16.0 Å². The highest BCUT2D eigenvalue weighted by Gasteiger charge is 2.05. The average molecular weight is 400 g/mol. The third-order valence-electron chi connectivity index (χ3n) is 3.69. The monoisotopic (exact) mass is 399 g/mol. The van der Waals surface area contributed by atoms with Crippen molar-refractivity contribution in [1.82, 2.24) is 15.0 Å². The van der Waals surface area contributed by atoms with Gasteiger partial charge in [0.15, 0.2) is 0 Å². The summed E-state index contributed by atoms with van der Waals surface area (Å²) in [5.41, 5.74) is 1.01. The van der Waals surface area contributed by atoms with Crippen LogP contribution in [-0.2, 0) is 6.54 Å². The molecule has 0 saturated carbocycles. The van der Waals surface area contributed by atoms with Gasteiger partial charge in [-0.3, -0.25) is 10.1 Å². The van der Waals surface area contributed by atoms with Crippen molar-refractivity contribution >= 4 is 34.9 Å². The van der Waals surface area contributed by atoms with Crippen LogP contribution in [0.3, 0.4) is 0 Å². The molecular formula is C18H18ClN7O2. The highest BCUT2D eigenvalue weighted by Crippen LogP contribution is 2.13. The van der Waals surface area contributed by atoms with Crippen LogP contribution in [0.5, 0.6) is 0 Å². The highest BCUT2D eigenvalue weighted by atomic mass is 35.5. The number of hydrogen-bond donors (Lipinski definition) is 3. The molecule has 10 heteroatoms. The molecule has 0 fully saturated rings. The number of nitro groups is 1. The van der Waals surface area contributed by atoms with Crippen molar-refractivity contribution in [3.05, 3.63) is 75.6 Å². The summed E-state index contributed by atoms with van der Waals surface area (Å²) in [6.07, 6.45) is 2.88. The summed E-state index contributed by atoms with van der Waals surface area (Å²) in [5, 5.41) is 20.7. The van der Waals surface area contributed by atoms with Crippen molar-refractivity contribution in [2.75, 3.05) is 29.0 Å². The molecule has 1 aromatic carbocycles. The maximum atomic E-state index is 10.6. The zero-order chi connectivity index (χ0) is 19.8. The third kappa shape index (κ3) is 5.78. The van der Waals surface area contributed by atoms with Gasteiger partial charge in [0, 0.05) is 36.9 Å². The maximum Gasteiger partial charge on any atom is 0.287 e. The van der Waals surface area contributed by atoms with E-state index in [0.29, 0.717) is 42.2 Å². The fraction of sp³-hybridized carbons (Fsp3) is 0.167. The Balaban J connectivity index is 1.44. The van der Waals surface area contributed by atoms with Gasteiger partial charge in [0.2, 0.25) is 5.95 Å². The smallest absolute Gasteiger partial charge is 0.287 e. The Hall–Kier alpha value is -3.46. The summed E-state index contributed by atoms with van der Waals surface area (Å²) < 4.78 is 0. The van der Waals surface area contributed by atoms with E-state index in [0.717, 1.165) is 5.56 Å². The molecule has 144 valence electrons. The van der Waals surface area contributed by atoms with Crippen molar-refractivity contribution in [2.45, 2.75) is 6.54 Å². The Morgan fingerprint density at radius 3 is 2.61 bits per heavy atom. The lowest BCUT2D eigenvalue weighted by Crippen LogP contribution is -2.16. The van der Waals surface area contributed by atoms with Gasteiger partial charge < -0.3 is 16.0 Å². The summed E-state index contributed by atoms with van der Waals surface area (Å²) in [6.45, 7) is 1.70. The van der Waals surface area contributed by atoms with Crippen molar-refractivity contribution in [3.63, 3.8) is 0 Å². The lowest BCUT2D eigenvalue weighted by atomic mass is 10.2. The van der Waals surface area contributed by atoms with Crippen molar-refractivity contribution in [2.24, 2.45) is 0 Å². The Bertz CT molecular complexity index is 937. The van der Waals surface area contributed by atoms with E-state index in [1.54, 1.807) is 18.3 Å². The standard InChI is InChI=1S/C18H18ClN7O2/c19-14-3-1-2-13(10-14)11-23-17-6-7-21-18(25-17)22-9-8-20-16-5-4-15(12-24-16)26(27)28/h1-7,10,12H,8-9,11H2,(H,20,24)(H2,21,22,23,25). The number of pyridine rings is 1. The quantitative estimate of drug-likeness (QED) is 0.284. The largest absolute Gasteiger partial charge is 0.368 e. The van der Waals surface area contributed by atoms with Gasteiger partial charge in [0.1, 0.15) is 17.8 Å². The van der Waals surface area contributed by atoms with Gasteiger partial charge in [-0.1, -0.05) is 23.7 Å². The van der Waals surface area contributed by atoms with Gasteiger partial charge in [0.05, 0.1) is 4.92 Å². The van der Waals surface area contributed by atoms with Crippen LogP contribution in [0.1, 0.15) is 5.56 Å². The zero-order valence-electron chi connectivity index (χ0n) is 14.8.